The number of nitrogens with zero attached hydrogens (tertiary/aromatic N) is 2. The van der Waals surface area contributed by atoms with E-state index in [0.717, 1.165) is 16.7 Å². The number of aryl methyl sites for hydroxylation is 2. The van der Waals surface area contributed by atoms with Crippen molar-refractivity contribution >= 4 is 27.5 Å². The van der Waals surface area contributed by atoms with E-state index in [1.54, 1.807) is 30.3 Å². The van der Waals surface area contributed by atoms with E-state index in [9.17, 15) is 18.0 Å². The van der Waals surface area contributed by atoms with E-state index < -0.39 is 28.5 Å². The van der Waals surface area contributed by atoms with Crippen molar-refractivity contribution in [3.63, 3.8) is 0 Å². The van der Waals surface area contributed by atoms with Crippen LogP contribution in [0.2, 0.25) is 0 Å². The predicted molar refractivity (Wildman–Crippen MR) is 156 cm³/mol. The molecule has 3 aromatic rings. The fourth-order valence-corrected chi connectivity index (χ4v) is 5.95. The molecule has 0 aliphatic rings. The summed E-state index contributed by atoms with van der Waals surface area (Å²) in [5.74, 6) is -0.717. The van der Waals surface area contributed by atoms with Crippen molar-refractivity contribution in [3.8, 4) is 0 Å². The van der Waals surface area contributed by atoms with Crippen LogP contribution in [0, 0.1) is 6.92 Å². The Bertz CT molecular complexity index is 1360. The fraction of sp³-hybridized carbons (Fsp3) is 0.355. The first-order valence-corrected chi connectivity index (χ1v) is 14.8. The van der Waals surface area contributed by atoms with Crippen molar-refractivity contribution < 1.29 is 18.0 Å². The molecule has 3 rings (SSSR count). The number of anilines is 1. The maximum absolute atomic E-state index is 14.1. The quantitative estimate of drug-likeness (QED) is 0.341. The van der Waals surface area contributed by atoms with Gasteiger partial charge in [0.2, 0.25) is 11.8 Å². The molecular weight excluding hydrogens is 510 g/mol. The minimum absolute atomic E-state index is 0.0957. The van der Waals surface area contributed by atoms with E-state index in [2.05, 4.69) is 5.32 Å². The third-order valence-electron chi connectivity index (χ3n) is 6.54. The highest BCUT2D eigenvalue weighted by molar-refractivity contribution is 7.92. The normalized spacial score (nSPS) is 12.2. The minimum Gasteiger partial charge on any atom is -0.352 e. The maximum atomic E-state index is 14.1. The molecule has 0 spiro atoms. The molecule has 208 valence electrons. The second-order valence-electron chi connectivity index (χ2n) is 9.90. The van der Waals surface area contributed by atoms with Gasteiger partial charge in [-0.2, -0.15) is 0 Å². The first kappa shape index (κ1) is 29.9. The zero-order valence-corrected chi connectivity index (χ0v) is 24.2. The number of carbonyl (C=O) groups excluding carboxylic acids is 2. The summed E-state index contributed by atoms with van der Waals surface area (Å²) >= 11 is 0. The van der Waals surface area contributed by atoms with Crippen LogP contribution in [0.5, 0.6) is 0 Å². The fourth-order valence-electron chi connectivity index (χ4n) is 4.48. The third kappa shape index (κ3) is 7.47. The number of para-hydroxylation sites is 1. The van der Waals surface area contributed by atoms with Gasteiger partial charge in [0.25, 0.3) is 10.0 Å². The van der Waals surface area contributed by atoms with Crippen molar-refractivity contribution in [1.29, 1.82) is 0 Å². The highest BCUT2D eigenvalue weighted by atomic mass is 32.2. The lowest BCUT2D eigenvalue weighted by Gasteiger charge is -2.34. The lowest BCUT2D eigenvalue weighted by Crippen LogP contribution is -2.53. The van der Waals surface area contributed by atoms with Crippen molar-refractivity contribution in [3.05, 3.63) is 95.6 Å². The monoisotopic (exact) mass is 549 g/mol. The van der Waals surface area contributed by atoms with E-state index in [0.29, 0.717) is 18.5 Å². The van der Waals surface area contributed by atoms with Gasteiger partial charge in [0, 0.05) is 12.6 Å². The van der Waals surface area contributed by atoms with E-state index >= 15 is 0 Å². The second-order valence-corrected chi connectivity index (χ2v) is 11.8. The van der Waals surface area contributed by atoms with Crippen molar-refractivity contribution in [2.45, 2.75) is 71.0 Å². The molecule has 1 N–H and O–H groups in total. The zero-order chi connectivity index (χ0) is 28.6. The summed E-state index contributed by atoms with van der Waals surface area (Å²) in [6, 6.07) is 22.2. The molecule has 0 heterocycles. The van der Waals surface area contributed by atoms with Gasteiger partial charge in [0.05, 0.1) is 10.6 Å². The number of benzene rings is 3. The van der Waals surface area contributed by atoms with Gasteiger partial charge >= 0.3 is 0 Å². The van der Waals surface area contributed by atoms with Crippen molar-refractivity contribution in [2.75, 3.05) is 10.8 Å². The molecule has 0 aliphatic heterocycles. The summed E-state index contributed by atoms with van der Waals surface area (Å²) in [4.78, 5) is 28.9. The number of rotatable bonds is 12. The number of carbonyl (C=O) groups is 2. The molecule has 0 unspecified atom stereocenters. The molecule has 1 atom stereocenters. The van der Waals surface area contributed by atoms with Crippen LogP contribution in [0.15, 0.2) is 83.8 Å². The summed E-state index contributed by atoms with van der Waals surface area (Å²) in [6.45, 7) is 9.25. The Morgan fingerprint density at radius 2 is 1.49 bits per heavy atom. The minimum atomic E-state index is -4.08. The molecule has 0 saturated heterocycles. The molecule has 8 heteroatoms. The summed E-state index contributed by atoms with van der Waals surface area (Å²) in [5.41, 5.74) is 3.19. The van der Waals surface area contributed by atoms with Crippen molar-refractivity contribution in [2.24, 2.45) is 0 Å². The molecule has 39 heavy (non-hydrogen) atoms. The Hall–Kier alpha value is -3.65. The zero-order valence-electron chi connectivity index (χ0n) is 23.4. The summed E-state index contributed by atoms with van der Waals surface area (Å²) < 4.78 is 29.1. The summed E-state index contributed by atoms with van der Waals surface area (Å²) in [5, 5.41) is 2.92. The molecule has 0 saturated carbocycles. The van der Waals surface area contributed by atoms with E-state index in [4.69, 9.17) is 0 Å². The topological polar surface area (TPSA) is 86.8 Å². The van der Waals surface area contributed by atoms with E-state index in [1.807, 2.05) is 71.0 Å². The van der Waals surface area contributed by atoms with E-state index in [-0.39, 0.29) is 23.4 Å². The molecule has 3 aromatic carbocycles. The highest BCUT2D eigenvalue weighted by Crippen LogP contribution is 2.28. The SMILES string of the molecule is CCc1ccccc1N(CC(=O)N(Cc1ccc(C)cc1)[C@@H](CC)C(=O)NC(C)C)S(=O)(=O)c1ccccc1. The van der Waals surface area contributed by atoms with Crippen LogP contribution >= 0.6 is 0 Å². The van der Waals surface area contributed by atoms with Crippen molar-refractivity contribution in [1.82, 2.24) is 10.2 Å². The van der Waals surface area contributed by atoms with Crippen LogP contribution in [0.4, 0.5) is 5.69 Å². The van der Waals surface area contributed by atoms with Gasteiger partial charge in [-0.1, -0.05) is 80.1 Å². The predicted octanol–water partition coefficient (Wildman–Crippen LogP) is 5.08. The molecule has 0 aliphatic carbocycles. The average Bonchev–Trinajstić information content (AvgIpc) is 2.92. The Labute approximate surface area is 232 Å². The van der Waals surface area contributed by atoms with Gasteiger partial charge < -0.3 is 10.2 Å². The Balaban J connectivity index is 2.08. The third-order valence-corrected chi connectivity index (χ3v) is 8.32. The first-order chi connectivity index (χ1) is 18.6. The largest absolute Gasteiger partial charge is 0.352 e. The van der Waals surface area contributed by atoms with Crippen LogP contribution in [0.3, 0.4) is 0 Å². The van der Waals surface area contributed by atoms with Gasteiger partial charge in [-0.05, 0) is 62.9 Å². The van der Waals surface area contributed by atoms with Crippen LogP contribution < -0.4 is 9.62 Å². The molecule has 0 bridgehead atoms. The maximum Gasteiger partial charge on any atom is 0.264 e. The van der Waals surface area contributed by atoms with Gasteiger partial charge in [-0.3, -0.25) is 13.9 Å². The number of sulfonamides is 1. The van der Waals surface area contributed by atoms with Gasteiger partial charge in [0.15, 0.2) is 0 Å². The van der Waals surface area contributed by atoms with Crippen LogP contribution in [0.25, 0.3) is 0 Å². The molecule has 0 aromatic heterocycles. The van der Waals surface area contributed by atoms with Crippen LogP contribution in [-0.4, -0.2) is 43.8 Å². The number of amides is 2. The second kappa shape index (κ2) is 13.4. The smallest absolute Gasteiger partial charge is 0.264 e. The number of nitrogens with one attached hydrogen (secondary N) is 1. The molecule has 0 fully saturated rings. The Morgan fingerprint density at radius 1 is 0.872 bits per heavy atom. The number of hydrogen-bond acceptors (Lipinski definition) is 4. The lowest BCUT2D eigenvalue weighted by atomic mass is 10.1. The first-order valence-electron chi connectivity index (χ1n) is 13.4. The van der Waals surface area contributed by atoms with Crippen LogP contribution in [0.1, 0.15) is 50.8 Å². The van der Waals surface area contributed by atoms with E-state index in [1.165, 1.54) is 21.3 Å². The summed E-state index contributed by atoms with van der Waals surface area (Å²) in [7, 11) is -4.08. The van der Waals surface area contributed by atoms with Gasteiger partial charge in [-0.15, -0.1) is 0 Å². The molecule has 7 nitrogen and oxygen atoms in total. The Kier molecular flexibility index (Phi) is 10.3. The molecular formula is C31H39N3O4S. The molecule has 0 radical (unpaired) electrons. The highest BCUT2D eigenvalue weighted by Gasteiger charge is 2.34. The lowest BCUT2D eigenvalue weighted by molar-refractivity contribution is -0.140. The van der Waals surface area contributed by atoms with Gasteiger partial charge in [0.1, 0.15) is 12.6 Å². The standard InChI is InChI=1S/C31H39N3O4S/c1-6-26-13-11-12-16-29(26)34(39(37,38)27-14-9-8-10-15-27)22-30(35)33(21-25-19-17-24(5)18-20-25)28(7-2)31(36)32-23(3)4/h8-20,23,28H,6-7,21-22H2,1-5H3,(H,32,36)/t28-/m0/s1. The molecule has 2 amide bonds. The number of hydrogen-bond donors (Lipinski definition) is 1. The Morgan fingerprint density at radius 3 is 2.08 bits per heavy atom. The average molecular weight is 550 g/mol. The summed E-state index contributed by atoms with van der Waals surface area (Å²) in [6.07, 6.45) is 0.972. The van der Waals surface area contributed by atoms with Crippen LogP contribution in [-0.2, 0) is 32.6 Å². The van der Waals surface area contributed by atoms with Gasteiger partial charge in [-0.25, -0.2) is 8.42 Å².